The third kappa shape index (κ3) is 4.46. The molecule has 0 saturated heterocycles. The standard InChI is InChI=1S/C10H13BrClO3P/c1-2-14-16(13,8-7-11)15-10-5-3-9(12)4-6-10/h3-6H,2,7-8H2,1H3/t16-/m1/s1. The van der Waals surface area contributed by atoms with Crippen molar-refractivity contribution in [3.63, 3.8) is 0 Å². The number of benzene rings is 1. The van der Waals surface area contributed by atoms with Gasteiger partial charge >= 0.3 is 7.60 Å². The molecular formula is C10H13BrClO3P. The molecule has 0 aromatic heterocycles. The van der Waals surface area contributed by atoms with Crippen LogP contribution >= 0.6 is 35.1 Å². The number of hydrogen-bond donors (Lipinski definition) is 0. The first-order valence-corrected chi connectivity index (χ1v) is 8.07. The van der Waals surface area contributed by atoms with E-state index in [2.05, 4.69) is 15.9 Å². The molecule has 0 unspecified atom stereocenters. The second-order valence-electron chi connectivity index (χ2n) is 2.99. The predicted molar refractivity (Wildman–Crippen MR) is 70.0 cm³/mol. The quantitative estimate of drug-likeness (QED) is 0.576. The lowest BCUT2D eigenvalue weighted by atomic mass is 10.3. The molecule has 0 amide bonds. The van der Waals surface area contributed by atoms with Crippen LogP contribution in [-0.4, -0.2) is 18.1 Å². The van der Waals surface area contributed by atoms with E-state index < -0.39 is 7.60 Å². The second kappa shape index (κ2) is 6.65. The van der Waals surface area contributed by atoms with E-state index in [0.29, 0.717) is 28.9 Å². The van der Waals surface area contributed by atoms with Gasteiger partial charge in [0.25, 0.3) is 0 Å². The Morgan fingerprint density at radius 1 is 1.38 bits per heavy atom. The summed E-state index contributed by atoms with van der Waals surface area (Å²) >= 11 is 8.97. The van der Waals surface area contributed by atoms with Crippen LogP contribution in [0.1, 0.15) is 6.92 Å². The maximum absolute atomic E-state index is 12.2. The average molecular weight is 328 g/mol. The number of hydrogen-bond acceptors (Lipinski definition) is 3. The summed E-state index contributed by atoms with van der Waals surface area (Å²) in [5.74, 6) is 0.502. The van der Waals surface area contributed by atoms with E-state index in [1.165, 1.54) is 0 Å². The van der Waals surface area contributed by atoms with Crippen molar-refractivity contribution < 1.29 is 13.6 Å². The zero-order valence-electron chi connectivity index (χ0n) is 8.86. The van der Waals surface area contributed by atoms with Crippen LogP contribution in [0.25, 0.3) is 0 Å². The largest absolute Gasteiger partial charge is 0.424 e. The molecule has 0 radical (unpaired) electrons. The molecule has 0 N–H and O–H groups in total. The molecule has 0 aliphatic heterocycles. The summed E-state index contributed by atoms with van der Waals surface area (Å²) in [6.07, 6.45) is 0.337. The maximum atomic E-state index is 12.2. The number of alkyl halides is 1. The molecule has 16 heavy (non-hydrogen) atoms. The van der Waals surface area contributed by atoms with Crippen LogP contribution < -0.4 is 4.52 Å². The first-order chi connectivity index (χ1) is 7.59. The van der Waals surface area contributed by atoms with Crippen LogP contribution in [0.4, 0.5) is 0 Å². The van der Waals surface area contributed by atoms with Crippen molar-refractivity contribution in [3.05, 3.63) is 29.3 Å². The van der Waals surface area contributed by atoms with Gasteiger partial charge in [0.1, 0.15) is 5.75 Å². The van der Waals surface area contributed by atoms with Crippen molar-refractivity contribution in [2.45, 2.75) is 6.92 Å². The van der Waals surface area contributed by atoms with Gasteiger partial charge < -0.3 is 9.05 Å². The van der Waals surface area contributed by atoms with Gasteiger partial charge in [0.2, 0.25) is 0 Å². The normalized spacial score (nSPS) is 14.4. The van der Waals surface area contributed by atoms with Gasteiger partial charge in [0.05, 0.1) is 12.8 Å². The summed E-state index contributed by atoms with van der Waals surface area (Å²) in [7, 11) is -3.05. The Hall–Kier alpha value is -0.0200. The van der Waals surface area contributed by atoms with Gasteiger partial charge in [0.15, 0.2) is 0 Å². The monoisotopic (exact) mass is 326 g/mol. The highest BCUT2D eigenvalue weighted by Gasteiger charge is 2.24. The summed E-state index contributed by atoms with van der Waals surface area (Å²) in [5.41, 5.74) is 0. The highest BCUT2D eigenvalue weighted by atomic mass is 79.9. The van der Waals surface area contributed by atoms with E-state index in [0.717, 1.165) is 0 Å². The van der Waals surface area contributed by atoms with Crippen LogP contribution in [0.2, 0.25) is 5.02 Å². The fourth-order valence-electron chi connectivity index (χ4n) is 1.09. The SMILES string of the molecule is CCO[P@](=O)(CCBr)Oc1ccc(Cl)cc1. The molecule has 0 aliphatic carbocycles. The second-order valence-corrected chi connectivity index (χ2v) is 6.33. The minimum Gasteiger partial charge on any atom is -0.424 e. The van der Waals surface area contributed by atoms with Gasteiger partial charge in [-0.2, -0.15) is 0 Å². The van der Waals surface area contributed by atoms with Crippen molar-refractivity contribution in [1.82, 2.24) is 0 Å². The summed E-state index contributed by atoms with van der Waals surface area (Å²) in [4.78, 5) is 0. The Bertz CT molecular complexity index is 359. The van der Waals surface area contributed by atoms with Crippen molar-refractivity contribution in [2.75, 3.05) is 18.1 Å². The zero-order chi connectivity index (χ0) is 12.0. The Labute approximate surface area is 109 Å². The Balaban J connectivity index is 2.75. The van der Waals surface area contributed by atoms with E-state index in [9.17, 15) is 4.57 Å². The first-order valence-electron chi connectivity index (χ1n) is 4.84. The molecule has 0 heterocycles. The molecule has 0 aliphatic rings. The third-order valence-electron chi connectivity index (χ3n) is 1.74. The predicted octanol–water partition coefficient (Wildman–Crippen LogP) is 4.34. The molecule has 90 valence electrons. The molecule has 1 aromatic rings. The van der Waals surface area contributed by atoms with Crippen LogP contribution in [0.15, 0.2) is 24.3 Å². The van der Waals surface area contributed by atoms with Crippen LogP contribution in [0.5, 0.6) is 5.75 Å². The summed E-state index contributed by atoms with van der Waals surface area (Å²) < 4.78 is 22.7. The van der Waals surface area contributed by atoms with E-state index in [1.807, 2.05) is 0 Å². The average Bonchev–Trinajstić information content (AvgIpc) is 2.22. The maximum Gasteiger partial charge on any atom is 0.380 e. The summed E-state index contributed by atoms with van der Waals surface area (Å²) in [6.45, 7) is 2.14. The van der Waals surface area contributed by atoms with Crippen LogP contribution in [-0.2, 0) is 9.09 Å². The molecule has 0 spiro atoms. The van der Waals surface area contributed by atoms with Gasteiger partial charge in [-0.1, -0.05) is 27.5 Å². The van der Waals surface area contributed by atoms with E-state index >= 15 is 0 Å². The Morgan fingerprint density at radius 2 is 2.00 bits per heavy atom. The van der Waals surface area contributed by atoms with Gasteiger partial charge in [-0.3, -0.25) is 0 Å². The number of halogens is 2. The lowest BCUT2D eigenvalue weighted by Gasteiger charge is -2.17. The first kappa shape index (κ1) is 14.0. The fourth-order valence-corrected chi connectivity index (χ4v) is 3.84. The molecule has 3 nitrogen and oxygen atoms in total. The van der Waals surface area contributed by atoms with Crippen molar-refractivity contribution in [3.8, 4) is 5.75 Å². The molecule has 6 heteroatoms. The minimum atomic E-state index is -3.05. The zero-order valence-corrected chi connectivity index (χ0v) is 12.1. The lowest BCUT2D eigenvalue weighted by molar-refractivity contribution is 0.280. The molecule has 0 fully saturated rings. The van der Waals surface area contributed by atoms with Gasteiger partial charge in [0, 0.05) is 10.4 Å². The minimum absolute atomic E-state index is 0.337. The van der Waals surface area contributed by atoms with Gasteiger partial charge in [-0.15, -0.1) is 0 Å². The van der Waals surface area contributed by atoms with Crippen molar-refractivity contribution in [1.29, 1.82) is 0 Å². The van der Waals surface area contributed by atoms with Crippen LogP contribution in [0, 0.1) is 0 Å². The van der Waals surface area contributed by atoms with Crippen molar-refractivity contribution >= 4 is 35.1 Å². The number of rotatable bonds is 6. The summed E-state index contributed by atoms with van der Waals surface area (Å²) in [5, 5.41) is 1.18. The molecule has 0 bridgehead atoms. The van der Waals surface area contributed by atoms with E-state index in [-0.39, 0.29) is 0 Å². The smallest absolute Gasteiger partial charge is 0.380 e. The van der Waals surface area contributed by atoms with Gasteiger partial charge in [-0.25, -0.2) is 4.57 Å². The Morgan fingerprint density at radius 3 is 2.50 bits per heavy atom. The van der Waals surface area contributed by atoms with Gasteiger partial charge in [-0.05, 0) is 31.2 Å². The van der Waals surface area contributed by atoms with E-state index in [4.69, 9.17) is 20.6 Å². The summed E-state index contributed by atoms with van der Waals surface area (Å²) in [6, 6.07) is 6.70. The highest BCUT2D eigenvalue weighted by Crippen LogP contribution is 2.48. The molecule has 1 aromatic carbocycles. The topological polar surface area (TPSA) is 35.5 Å². The highest BCUT2D eigenvalue weighted by molar-refractivity contribution is 9.09. The lowest BCUT2D eigenvalue weighted by Crippen LogP contribution is -2.03. The molecule has 1 atom stereocenters. The Kier molecular flexibility index (Phi) is 5.84. The molecule has 1 rings (SSSR count). The molecule has 0 saturated carbocycles. The van der Waals surface area contributed by atoms with E-state index in [1.54, 1.807) is 31.2 Å². The van der Waals surface area contributed by atoms with Crippen LogP contribution in [0.3, 0.4) is 0 Å². The fraction of sp³-hybridized carbons (Fsp3) is 0.400. The molecular weight excluding hydrogens is 314 g/mol. The van der Waals surface area contributed by atoms with Crippen molar-refractivity contribution in [2.24, 2.45) is 0 Å². The third-order valence-corrected chi connectivity index (χ3v) is 4.92.